The summed E-state index contributed by atoms with van der Waals surface area (Å²) in [6, 6.07) is 9.52. The third-order valence-corrected chi connectivity index (χ3v) is 3.25. The summed E-state index contributed by atoms with van der Waals surface area (Å²) in [6.45, 7) is 5.24. The van der Waals surface area contributed by atoms with Gasteiger partial charge in [-0.3, -0.25) is 4.79 Å². The van der Waals surface area contributed by atoms with Crippen molar-refractivity contribution in [3.8, 4) is 0 Å². The van der Waals surface area contributed by atoms with Crippen molar-refractivity contribution in [2.75, 3.05) is 0 Å². The molecule has 1 aromatic carbocycles. The Bertz CT molecular complexity index is 537. The SMILES string of the molecule is CC(O)C(C)(C)NC(=O)c1cc2ccccc2[nH]1. The molecule has 0 saturated heterocycles. The molecule has 1 unspecified atom stereocenters. The molecule has 0 aliphatic rings. The van der Waals surface area contributed by atoms with Crippen LogP contribution < -0.4 is 5.32 Å². The molecular weight excluding hydrogens is 228 g/mol. The maximum absolute atomic E-state index is 12.1. The Kier molecular flexibility index (Phi) is 3.13. The van der Waals surface area contributed by atoms with Gasteiger partial charge in [-0.05, 0) is 32.9 Å². The first-order valence-corrected chi connectivity index (χ1v) is 5.98. The average molecular weight is 246 g/mol. The van der Waals surface area contributed by atoms with Gasteiger partial charge in [0.15, 0.2) is 0 Å². The maximum atomic E-state index is 12.1. The zero-order chi connectivity index (χ0) is 13.3. The van der Waals surface area contributed by atoms with Crippen LogP contribution in [0.1, 0.15) is 31.3 Å². The van der Waals surface area contributed by atoms with E-state index >= 15 is 0 Å². The molecule has 0 spiro atoms. The molecule has 4 heteroatoms. The number of benzene rings is 1. The fourth-order valence-corrected chi connectivity index (χ4v) is 1.66. The lowest BCUT2D eigenvalue weighted by atomic mass is 9.98. The Morgan fingerprint density at radius 3 is 2.67 bits per heavy atom. The number of H-pyrrole nitrogens is 1. The van der Waals surface area contributed by atoms with Crippen LogP contribution in [0.25, 0.3) is 10.9 Å². The molecule has 0 radical (unpaired) electrons. The van der Waals surface area contributed by atoms with Gasteiger partial charge in [0.2, 0.25) is 0 Å². The highest BCUT2D eigenvalue weighted by Gasteiger charge is 2.26. The number of fused-ring (bicyclic) bond motifs is 1. The minimum absolute atomic E-state index is 0.211. The number of carbonyl (C=O) groups excluding carboxylic acids is 1. The summed E-state index contributed by atoms with van der Waals surface area (Å²) in [7, 11) is 0. The van der Waals surface area contributed by atoms with Crippen molar-refractivity contribution in [2.45, 2.75) is 32.4 Å². The van der Waals surface area contributed by atoms with E-state index < -0.39 is 11.6 Å². The summed E-state index contributed by atoms with van der Waals surface area (Å²) in [5, 5.41) is 13.4. The number of nitrogens with one attached hydrogen (secondary N) is 2. The van der Waals surface area contributed by atoms with Gasteiger partial charge < -0.3 is 15.4 Å². The van der Waals surface area contributed by atoms with E-state index in [-0.39, 0.29) is 5.91 Å². The van der Waals surface area contributed by atoms with E-state index in [0.29, 0.717) is 5.69 Å². The Balaban J connectivity index is 2.24. The number of amides is 1. The second kappa shape index (κ2) is 4.46. The molecule has 1 aromatic heterocycles. The number of rotatable bonds is 3. The van der Waals surface area contributed by atoms with Crippen molar-refractivity contribution < 1.29 is 9.90 Å². The van der Waals surface area contributed by atoms with Crippen LogP contribution in [0.4, 0.5) is 0 Å². The van der Waals surface area contributed by atoms with Gasteiger partial charge in [-0.15, -0.1) is 0 Å². The average Bonchev–Trinajstić information content (AvgIpc) is 2.71. The number of hydrogen-bond donors (Lipinski definition) is 3. The predicted molar refractivity (Wildman–Crippen MR) is 71.5 cm³/mol. The number of hydrogen-bond acceptors (Lipinski definition) is 2. The summed E-state index contributed by atoms with van der Waals surface area (Å²) >= 11 is 0. The van der Waals surface area contributed by atoms with E-state index in [1.165, 1.54) is 0 Å². The molecule has 0 aliphatic carbocycles. The topological polar surface area (TPSA) is 65.1 Å². The van der Waals surface area contributed by atoms with Gasteiger partial charge in [0.05, 0.1) is 11.6 Å². The third kappa shape index (κ3) is 2.38. The zero-order valence-corrected chi connectivity index (χ0v) is 10.8. The molecule has 2 aromatic rings. The lowest BCUT2D eigenvalue weighted by molar-refractivity contribution is 0.0706. The molecule has 1 amide bonds. The summed E-state index contributed by atoms with van der Waals surface area (Å²) in [5.74, 6) is -0.211. The molecule has 0 fully saturated rings. The number of aromatic amines is 1. The summed E-state index contributed by atoms with van der Waals surface area (Å²) in [4.78, 5) is 15.1. The monoisotopic (exact) mass is 246 g/mol. The van der Waals surface area contributed by atoms with Crippen LogP contribution >= 0.6 is 0 Å². The maximum Gasteiger partial charge on any atom is 0.268 e. The molecule has 0 bridgehead atoms. The first-order valence-electron chi connectivity index (χ1n) is 5.98. The van der Waals surface area contributed by atoms with Gasteiger partial charge in [0.1, 0.15) is 5.69 Å². The smallest absolute Gasteiger partial charge is 0.268 e. The highest BCUT2D eigenvalue weighted by molar-refractivity contribution is 5.98. The van der Waals surface area contributed by atoms with Crippen LogP contribution in [-0.4, -0.2) is 27.6 Å². The first kappa shape index (κ1) is 12.6. The zero-order valence-electron chi connectivity index (χ0n) is 10.8. The van der Waals surface area contributed by atoms with Crippen molar-refractivity contribution in [1.29, 1.82) is 0 Å². The minimum atomic E-state index is -0.658. The molecule has 0 saturated carbocycles. The van der Waals surface area contributed by atoms with Crippen molar-refractivity contribution in [3.63, 3.8) is 0 Å². The molecule has 1 heterocycles. The fourth-order valence-electron chi connectivity index (χ4n) is 1.66. The standard InChI is InChI=1S/C14H18N2O2/c1-9(17)14(2,3)16-13(18)12-8-10-6-4-5-7-11(10)15-12/h4-9,15,17H,1-3H3,(H,16,18). The van der Waals surface area contributed by atoms with Gasteiger partial charge >= 0.3 is 0 Å². The second-order valence-electron chi connectivity index (χ2n) is 5.12. The van der Waals surface area contributed by atoms with Crippen molar-refractivity contribution in [1.82, 2.24) is 10.3 Å². The number of aliphatic hydroxyl groups excluding tert-OH is 1. The highest BCUT2D eigenvalue weighted by atomic mass is 16.3. The minimum Gasteiger partial charge on any atom is -0.391 e. The lowest BCUT2D eigenvalue weighted by Crippen LogP contribution is -2.51. The van der Waals surface area contributed by atoms with E-state index in [1.807, 2.05) is 30.3 Å². The molecule has 96 valence electrons. The van der Waals surface area contributed by atoms with Crippen LogP contribution in [-0.2, 0) is 0 Å². The van der Waals surface area contributed by atoms with E-state index in [4.69, 9.17) is 0 Å². The molecule has 18 heavy (non-hydrogen) atoms. The fraction of sp³-hybridized carbons (Fsp3) is 0.357. The Hall–Kier alpha value is -1.81. The quantitative estimate of drug-likeness (QED) is 0.776. The van der Waals surface area contributed by atoms with Crippen molar-refractivity contribution in [2.24, 2.45) is 0 Å². The van der Waals surface area contributed by atoms with Gasteiger partial charge in [0, 0.05) is 10.9 Å². The Morgan fingerprint density at radius 1 is 1.39 bits per heavy atom. The first-order chi connectivity index (χ1) is 8.40. The van der Waals surface area contributed by atoms with Gasteiger partial charge in [-0.1, -0.05) is 18.2 Å². The van der Waals surface area contributed by atoms with Crippen LogP contribution in [0.15, 0.2) is 30.3 Å². The van der Waals surface area contributed by atoms with Crippen LogP contribution in [0, 0.1) is 0 Å². The molecule has 4 nitrogen and oxygen atoms in total. The van der Waals surface area contributed by atoms with Crippen molar-refractivity contribution >= 4 is 16.8 Å². The number of carbonyl (C=O) groups is 1. The summed E-state index contributed by atoms with van der Waals surface area (Å²) < 4.78 is 0. The third-order valence-electron chi connectivity index (χ3n) is 3.25. The highest BCUT2D eigenvalue weighted by Crippen LogP contribution is 2.16. The molecule has 1 atom stereocenters. The van der Waals surface area contributed by atoms with Gasteiger partial charge in [0.25, 0.3) is 5.91 Å². The number of aliphatic hydroxyl groups is 1. The number of para-hydroxylation sites is 1. The molecule has 3 N–H and O–H groups in total. The van der Waals surface area contributed by atoms with Gasteiger partial charge in [-0.25, -0.2) is 0 Å². The normalized spacial score (nSPS) is 13.6. The van der Waals surface area contributed by atoms with Gasteiger partial charge in [-0.2, -0.15) is 0 Å². The Morgan fingerprint density at radius 2 is 2.06 bits per heavy atom. The molecule has 2 rings (SSSR count). The van der Waals surface area contributed by atoms with Crippen molar-refractivity contribution in [3.05, 3.63) is 36.0 Å². The largest absolute Gasteiger partial charge is 0.391 e. The van der Waals surface area contributed by atoms with E-state index in [9.17, 15) is 9.90 Å². The van der Waals surface area contributed by atoms with E-state index in [0.717, 1.165) is 10.9 Å². The number of aromatic nitrogens is 1. The predicted octanol–water partition coefficient (Wildman–Crippen LogP) is 2.06. The molecular formula is C14H18N2O2. The van der Waals surface area contributed by atoms with Crippen LogP contribution in [0.5, 0.6) is 0 Å². The second-order valence-corrected chi connectivity index (χ2v) is 5.12. The summed E-state index contributed by atoms with van der Waals surface area (Å²) in [5.41, 5.74) is 0.774. The van der Waals surface area contributed by atoms with Crippen LogP contribution in [0.3, 0.4) is 0 Å². The van der Waals surface area contributed by atoms with E-state index in [2.05, 4.69) is 10.3 Å². The Labute approximate surface area is 106 Å². The molecule has 0 aliphatic heterocycles. The lowest BCUT2D eigenvalue weighted by Gasteiger charge is -2.29. The summed E-state index contributed by atoms with van der Waals surface area (Å²) in [6.07, 6.45) is -0.620. The van der Waals surface area contributed by atoms with Crippen LogP contribution in [0.2, 0.25) is 0 Å². The van der Waals surface area contributed by atoms with E-state index in [1.54, 1.807) is 20.8 Å².